The highest BCUT2D eigenvalue weighted by Crippen LogP contribution is 2.26. The third-order valence-electron chi connectivity index (χ3n) is 2.59. The molecule has 1 aromatic carbocycles. The molecule has 1 aromatic rings. The molecule has 1 atom stereocenters. The molecule has 0 aliphatic carbocycles. The number of anilines is 1. The van der Waals surface area contributed by atoms with Gasteiger partial charge in [0.15, 0.2) is 0 Å². The number of alkyl halides is 1. The predicted octanol–water partition coefficient (Wildman–Crippen LogP) is 4.22. The first-order valence-electron chi connectivity index (χ1n) is 6.30. The van der Waals surface area contributed by atoms with E-state index >= 15 is 0 Å². The summed E-state index contributed by atoms with van der Waals surface area (Å²) in [5.74, 6) is 0. The summed E-state index contributed by atoms with van der Waals surface area (Å²) >= 11 is 6.12. The minimum atomic E-state index is 0.0275. The Bertz CT molecular complexity index is 315. The van der Waals surface area contributed by atoms with Crippen molar-refractivity contribution in [3.05, 3.63) is 29.8 Å². The molecule has 1 N–H and O–H groups in total. The Hall–Kier alpha value is -0.730. The number of para-hydroxylation sites is 1. The first-order valence-corrected chi connectivity index (χ1v) is 6.74. The van der Waals surface area contributed by atoms with E-state index in [2.05, 4.69) is 24.4 Å². The molecule has 0 fully saturated rings. The monoisotopic (exact) mass is 255 g/mol. The number of benzene rings is 1. The molecule has 96 valence electrons. The first kappa shape index (κ1) is 14.3. The number of hydrogen-bond donors (Lipinski definition) is 1. The van der Waals surface area contributed by atoms with Crippen LogP contribution in [0.25, 0.3) is 0 Å². The van der Waals surface area contributed by atoms with E-state index in [9.17, 15) is 0 Å². The van der Waals surface area contributed by atoms with Crippen molar-refractivity contribution in [3.8, 4) is 0 Å². The van der Waals surface area contributed by atoms with Gasteiger partial charge in [0.05, 0.1) is 12.0 Å². The van der Waals surface area contributed by atoms with Crippen molar-refractivity contribution in [3.63, 3.8) is 0 Å². The zero-order valence-electron chi connectivity index (χ0n) is 10.7. The van der Waals surface area contributed by atoms with Crippen LogP contribution in [0.2, 0.25) is 0 Å². The SMILES string of the molecule is CCCCOCCNc1ccccc1C(C)Cl. The molecule has 0 bridgehead atoms. The zero-order valence-corrected chi connectivity index (χ0v) is 11.5. The fourth-order valence-electron chi connectivity index (χ4n) is 1.61. The number of hydrogen-bond acceptors (Lipinski definition) is 2. The van der Waals surface area contributed by atoms with Crippen molar-refractivity contribution in [2.24, 2.45) is 0 Å². The van der Waals surface area contributed by atoms with Crippen molar-refractivity contribution >= 4 is 17.3 Å². The Morgan fingerprint density at radius 2 is 2.06 bits per heavy atom. The van der Waals surface area contributed by atoms with E-state index in [1.165, 1.54) is 6.42 Å². The van der Waals surface area contributed by atoms with Gasteiger partial charge in [0.2, 0.25) is 0 Å². The maximum atomic E-state index is 6.12. The van der Waals surface area contributed by atoms with Gasteiger partial charge in [-0.15, -0.1) is 11.6 Å². The van der Waals surface area contributed by atoms with Crippen LogP contribution in [0.5, 0.6) is 0 Å². The topological polar surface area (TPSA) is 21.3 Å². The van der Waals surface area contributed by atoms with Gasteiger partial charge in [-0.05, 0) is 25.0 Å². The number of ether oxygens (including phenoxy) is 1. The summed E-state index contributed by atoms with van der Waals surface area (Å²) in [7, 11) is 0. The summed E-state index contributed by atoms with van der Waals surface area (Å²) < 4.78 is 5.50. The Balaban J connectivity index is 2.31. The van der Waals surface area contributed by atoms with Crippen LogP contribution >= 0.6 is 11.6 Å². The summed E-state index contributed by atoms with van der Waals surface area (Å²) in [5.41, 5.74) is 2.25. The second-order valence-corrected chi connectivity index (χ2v) is 4.75. The molecule has 0 radical (unpaired) electrons. The summed E-state index contributed by atoms with van der Waals surface area (Å²) in [6.07, 6.45) is 2.31. The van der Waals surface area contributed by atoms with Crippen LogP contribution in [-0.2, 0) is 4.74 Å². The fraction of sp³-hybridized carbons (Fsp3) is 0.571. The maximum Gasteiger partial charge on any atom is 0.0639 e. The number of nitrogens with one attached hydrogen (secondary N) is 1. The largest absolute Gasteiger partial charge is 0.382 e. The maximum absolute atomic E-state index is 6.12. The molecule has 0 amide bonds. The Labute approximate surface area is 109 Å². The smallest absolute Gasteiger partial charge is 0.0639 e. The molecule has 0 saturated carbocycles. The highest BCUT2D eigenvalue weighted by Gasteiger charge is 2.06. The summed E-state index contributed by atoms with van der Waals surface area (Å²) in [4.78, 5) is 0. The Morgan fingerprint density at radius 3 is 2.76 bits per heavy atom. The predicted molar refractivity (Wildman–Crippen MR) is 74.9 cm³/mol. The van der Waals surface area contributed by atoms with Gasteiger partial charge < -0.3 is 10.1 Å². The van der Waals surface area contributed by atoms with Crippen molar-refractivity contribution < 1.29 is 4.74 Å². The lowest BCUT2D eigenvalue weighted by atomic mass is 10.1. The van der Waals surface area contributed by atoms with E-state index in [-0.39, 0.29) is 5.38 Å². The second kappa shape index (κ2) is 8.37. The van der Waals surface area contributed by atoms with E-state index < -0.39 is 0 Å². The Kier molecular flexibility index (Phi) is 7.06. The highest BCUT2D eigenvalue weighted by molar-refractivity contribution is 6.21. The number of halogens is 1. The van der Waals surface area contributed by atoms with Gasteiger partial charge in [0.1, 0.15) is 0 Å². The molecule has 3 heteroatoms. The average Bonchev–Trinajstić information content (AvgIpc) is 2.34. The molecular formula is C14H22ClNO. The summed E-state index contributed by atoms with van der Waals surface area (Å²) in [6, 6.07) is 8.14. The van der Waals surface area contributed by atoms with Gasteiger partial charge in [-0.25, -0.2) is 0 Å². The lowest BCUT2D eigenvalue weighted by Crippen LogP contribution is -2.11. The highest BCUT2D eigenvalue weighted by atomic mass is 35.5. The molecule has 0 aliphatic heterocycles. The second-order valence-electron chi connectivity index (χ2n) is 4.10. The van der Waals surface area contributed by atoms with Gasteiger partial charge in [-0.2, -0.15) is 0 Å². The molecular weight excluding hydrogens is 234 g/mol. The normalized spacial score (nSPS) is 12.4. The van der Waals surface area contributed by atoms with E-state index in [1.54, 1.807) is 0 Å². The minimum Gasteiger partial charge on any atom is -0.382 e. The van der Waals surface area contributed by atoms with Gasteiger partial charge in [-0.1, -0.05) is 31.5 Å². The number of unbranched alkanes of at least 4 members (excludes halogenated alkanes) is 1. The van der Waals surface area contributed by atoms with E-state index in [0.29, 0.717) is 0 Å². The molecule has 2 nitrogen and oxygen atoms in total. The Morgan fingerprint density at radius 1 is 1.29 bits per heavy atom. The van der Waals surface area contributed by atoms with Crippen LogP contribution in [0.3, 0.4) is 0 Å². The van der Waals surface area contributed by atoms with Crippen LogP contribution in [0, 0.1) is 0 Å². The van der Waals surface area contributed by atoms with Gasteiger partial charge >= 0.3 is 0 Å². The average molecular weight is 256 g/mol. The lowest BCUT2D eigenvalue weighted by Gasteiger charge is -2.13. The van der Waals surface area contributed by atoms with Crippen molar-refractivity contribution in [2.75, 3.05) is 25.1 Å². The van der Waals surface area contributed by atoms with Crippen LogP contribution in [0.1, 0.15) is 37.6 Å². The van der Waals surface area contributed by atoms with Crippen LogP contribution < -0.4 is 5.32 Å². The molecule has 0 aromatic heterocycles. The molecule has 0 heterocycles. The molecule has 0 saturated heterocycles. The molecule has 1 rings (SSSR count). The van der Waals surface area contributed by atoms with Gasteiger partial charge in [-0.3, -0.25) is 0 Å². The molecule has 17 heavy (non-hydrogen) atoms. The van der Waals surface area contributed by atoms with Gasteiger partial charge in [0, 0.05) is 18.8 Å². The molecule has 0 spiro atoms. The summed E-state index contributed by atoms with van der Waals surface area (Å²) in [6.45, 7) is 6.57. The van der Waals surface area contributed by atoms with E-state index in [1.807, 2.05) is 19.1 Å². The van der Waals surface area contributed by atoms with E-state index in [4.69, 9.17) is 16.3 Å². The van der Waals surface area contributed by atoms with Crippen LogP contribution in [0.15, 0.2) is 24.3 Å². The summed E-state index contributed by atoms with van der Waals surface area (Å²) in [5, 5.41) is 3.39. The van der Waals surface area contributed by atoms with Crippen molar-refractivity contribution in [1.29, 1.82) is 0 Å². The lowest BCUT2D eigenvalue weighted by molar-refractivity contribution is 0.141. The third-order valence-corrected chi connectivity index (χ3v) is 2.83. The molecule has 0 aliphatic rings. The minimum absolute atomic E-state index is 0.0275. The fourth-order valence-corrected chi connectivity index (χ4v) is 1.80. The quantitative estimate of drug-likeness (QED) is 0.555. The first-order chi connectivity index (χ1) is 8.25. The van der Waals surface area contributed by atoms with E-state index in [0.717, 1.165) is 37.4 Å². The molecule has 1 unspecified atom stereocenters. The van der Waals surface area contributed by atoms with Crippen molar-refractivity contribution in [1.82, 2.24) is 0 Å². The van der Waals surface area contributed by atoms with Crippen molar-refractivity contribution in [2.45, 2.75) is 32.1 Å². The number of rotatable bonds is 8. The van der Waals surface area contributed by atoms with Gasteiger partial charge in [0.25, 0.3) is 0 Å². The third kappa shape index (κ3) is 5.42. The van der Waals surface area contributed by atoms with Crippen LogP contribution in [0.4, 0.5) is 5.69 Å². The standard InChI is InChI=1S/C14H22ClNO/c1-3-4-10-17-11-9-16-14-8-6-5-7-13(14)12(2)15/h5-8,12,16H,3-4,9-11H2,1-2H3. The zero-order chi connectivity index (χ0) is 12.5. The van der Waals surface area contributed by atoms with Crippen LogP contribution in [-0.4, -0.2) is 19.8 Å².